The second-order valence-corrected chi connectivity index (χ2v) is 9.11. The van der Waals surface area contributed by atoms with Gasteiger partial charge in [-0.25, -0.2) is 0 Å². The summed E-state index contributed by atoms with van der Waals surface area (Å²) in [6.45, 7) is 1.63. The van der Waals surface area contributed by atoms with Gasteiger partial charge in [0, 0.05) is 12.7 Å². The zero-order valence-corrected chi connectivity index (χ0v) is 18.6. The van der Waals surface area contributed by atoms with E-state index in [4.69, 9.17) is 9.47 Å². The van der Waals surface area contributed by atoms with Gasteiger partial charge in [-0.3, -0.25) is 4.79 Å². The van der Waals surface area contributed by atoms with Crippen LogP contribution in [0.3, 0.4) is 0 Å². The number of carbonyl (C=O) groups is 1. The van der Waals surface area contributed by atoms with Crippen LogP contribution in [0.25, 0.3) is 0 Å². The number of hydrogen-bond donors (Lipinski definition) is 3. The van der Waals surface area contributed by atoms with Crippen molar-refractivity contribution in [1.29, 1.82) is 0 Å². The van der Waals surface area contributed by atoms with E-state index in [-0.39, 0.29) is 6.42 Å². The number of amides is 1. The van der Waals surface area contributed by atoms with Gasteiger partial charge in [0.15, 0.2) is 11.5 Å². The van der Waals surface area contributed by atoms with E-state index in [2.05, 4.69) is 10.0 Å². The first-order chi connectivity index (χ1) is 14.7. The maximum atomic E-state index is 13.0. The van der Waals surface area contributed by atoms with Crippen molar-refractivity contribution < 1.29 is 27.8 Å². The molecule has 0 unspecified atom stereocenters. The normalized spacial score (nSPS) is 21.8. The summed E-state index contributed by atoms with van der Waals surface area (Å²) >= 11 is 0. The molecule has 2 aromatic rings. The van der Waals surface area contributed by atoms with Crippen molar-refractivity contribution in [3.63, 3.8) is 0 Å². The highest BCUT2D eigenvalue weighted by molar-refractivity contribution is 7.87. The minimum atomic E-state index is -3.89. The largest absolute Gasteiger partial charge is 0.493 e. The lowest BCUT2D eigenvalue weighted by molar-refractivity contribution is -0.120. The second kappa shape index (κ2) is 9.23. The number of methoxy groups -OCH3 is 2. The smallest absolute Gasteiger partial charge is 0.280 e. The first-order valence-electron chi connectivity index (χ1n) is 9.72. The van der Waals surface area contributed by atoms with Crippen LogP contribution in [0.15, 0.2) is 42.5 Å². The number of hydrogen-bond acceptors (Lipinski definition) is 6. The minimum absolute atomic E-state index is 0.215. The average molecular weight is 450 g/mol. The Bertz CT molecular complexity index is 1060. The summed E-state index contributed by atoms with van der Waals surface area (Å²) in [5.41, 5.74) is 1.78. The van der Waals surface area contributed by atoms with Gasteiger partial charge in [0.25, 0.3) is 10.2 Å². The molecule has 0 saturated carbocycles. The fourth-order valence-electron chi connectivity index (χ4n) is 3.50. The van der Waals surface area contributed by atoms with E-state index in [1.54, 1.807) is 49.4 Å². The van der Waals surface area contributed by atoms with Gasteiger partial charge in [0.05, 0.1) is 26.4 Å². The number of rotatable bonds is 6. The van der Waals surface area contributed by atoms with Gasteiger partial charge >= 0.3 is 0 Å². The SMILES string of the molecule is COc1ccc([C@@H]2C[C@H](C(=O)Nc3cccc([C@@H](C)O)c3)N(C)S(=O)(=O)N2)cc1OC. The molecule has 0 bridgehead atoms. The van der Waals surface area contributed by atoms with Gasteiger partial charge in [0.1, 0.15) is 6.04 Å². The highest BCUT2D eigenvalue weighted by Crippen LogP contribution is 2.34. The fourth-order valence-corrected chi connectivity index (χ4v) is 4.77. The van der Waals surface area contributed by atoms with E-state index in [0.717, 1.165) is 4.31 Å². The Morgan fingerprint density at radius 3 is 2.55 bits per heavy atom. The number of carbonyl (C=O) groups excluding carboxylic acids is 1. The molecule has 168 valence electrons. The predicted octanol–water partition coefficient (Wildman–Crippen LogP) is 1.98. The first-order valence-corrected chi connectivity index (χ1v) is 11.2. The maximum Gasteiger partial charge on any atom is 0.280 e. The van der Waals surface area contributed by atoms with Crippen LogP contribution in [-0.2, 0) is 15.0 Å². The first kappa shape index (κ1) is 23.0. The molecule has 10 heteroatoms. The molecule has 9 nitrogen and oxygen atoms in total. The highest BCUT2D eigenvalue weighted by Gasteiger charge is 2.40. The van der Waals surface area contributed by atoms with Crippen LogP contribution in [0, 0.1) is 0 Å². The van der Waals surface area contributed by atoms with Crippen molar-refractivity contribution in [3.8, 4) is 11.5 Å². The molecule has 31 heavy (non-hydrogen) atoms. The maximum absolute atomic E-state index is 13.0. The number of anilines is 1. The summed E-state index contributed by atoms with van der Waals surface area (Å²) < 4.78 is 39.6. The summed E-state index contributed by atoms with van der Waals surface area (Å²) in [6.07, 6.45) is -0.471. The molecule has 1 aliphatic rings. The van der Waals surface area contributed by atoms with Crippen molar-refractivity contribution in [1.82, 2.24) is 9.03 Å². The zero-order valence-electron chi connectivity index (χ0n) is 17.8. The van der Waals surface area contributed by atoms with E-state index in [1.807, 2.05) is 0 Å². The van der Waals surface area contributed by atoms with Gasteiger partial charge in [-0.2, -0.15) is 17.4 Å². The quantitative estimate of drug-likeness (QED) is 0.621. The Balaban J connectivity index is 1.86. The van der Waals surface area contributed by atoms with E-state index >= 15 is 0 Å². The number of ether oxygens (including phenoxy) is 2. The molecule has 3 atom stereocenters. The van der Waals surface area contributed by atoms with Crippen molar-refractivity contribution in [2.24, 2.45) is 0 Å². The Labute approximate surface area is 182 Å². The number of likely N-dealkylation sites (N-methyl/N-ethyl adjacent to an activating group) is 1. The van der Waals surface area contributed by atoms with Gasteiger partial charge in [-0.15, -0.1) is 0 Å². The molecule has 0 radical (unpaired) electrons. The minimum Gasteiger partial charge on any atom is -0.493 e. The number of aliphatic hydroxyl groups excluding tert-OH is 1. The summed E-state index contributed by atoms with van der Waals surface area (Å²) in [5.74, 6) is 0.532. The standard InChI is InChI=1S/C21H27N3O6S/c1-13(25)14-6-5-7-16(10-14)22-21(26)18-12-17(23-31(27,28)24(18)2)15-8-9-19(29-3)20(11-15)30-4/h5-11,13,17-18,23,25H,12H2,1-4H3,(H,22,26)/t13-,17+,18-/m1/s1. The number of aliphatic hydroxyl groups is 1. The molecule has 0 aliphatic carbocycles. The van der Waals surface area contributed by atoms with Crippen LogP contribution >= 0.6 is 0 Å². The summed E-state index contributed by atoms with van der Waals surface area (Å²) in [6, 6.07) is 10.4. The zero-order chi connectivity index (χ0) is 22.8. The Hall–Kier alpha value is -2.66. The average Bonchev–Trinajstić information content (AvgIpc) is 2.74. The third kappa shape index (κ3) is 4.99. The lowest BCUT2D eigenvalue weighted by atomic mass is 9.98. The van der Waals surface area contributed by atoms with E-state index < -0.39 is 34.3 Å². The molecule has 1 fully saturated rings. The lowest BCUT2D eigenvalue weighted by Crippen LogP contribution is -2.55. The lowest BCUT2D eigenvalue weighted by Gasteiger charge is -2.36. The van der Waals surface area contributed by atoms with E-state index in [0.29, 0.717) is 28.3 Å². The Morgan fingerprint density at radius 1 is 1.19 bits per heavy atom. The predicted molar refractivity (Wildman–Crippen MR) is 116 cm³/mol. The number of nitrogens with zero attached hydrogens (tertiary/aromatic N) is 1. The molecule has 0 aromatic heterocycles. The van der Waals surface area contributed by atoms with Gasteiger partial charge in [0.2, 0.25) is 5.91 Å². The summed E-state index contributed by atoms with van der Waals surface area (Å²) in [7, 11) is 0.488. The third-order valence-electron chi connectivity index (χ3n) is 5.32. The van der Waals surface area contributed by atoms with E-state index in [9.17, 15) is 18.3 Å². The topological polar surface area (TPSA) is 117 Å². The Morgan fingerprint density at radius 2 is 1.90 bits per heavy atom. The van der Waals surface area contributed by atoms with Gasteiger partial charge < -0.3 is 19.9 Å². The van der Waals surface area contributed by atoms with Crippen LogP contribution in [0.4, 0.5) is 5.69 Å². The summed E-state index contributed by atoms with van der Waals surface area (Å²) in [5, 5.41) is 12.5. The van der Waals surface area contributed by atoms with Crippen LogP contribution in [0.5, 0.6) is 11.5 Å². The van der Waals surface area contributed by atoms with Crippen LogP contribution in [0.2, 0.25) is 0 Å². The molecule has 3 N–H and O–H groups in total. The second-order valence-electron chi connectivity index (χ2n) is 7.35. The molecule has 2 aromatic carbocycles. The molecule has 1 aliphatic heterocycles. The van der Waals surface area contributed by atoms with Crippen molar-refractivity contribution in [2.45, 2.75) is 31.5 Å². The van der Waals surface area contributed by atoms with E-state index in [1.165, 1.54) is 21.3 Å². The van der Waals surface area contributed by atoms with Crippen molar-refractivity contribution in [2.75, 3.05) is 26.6 Å². The highest BCUT2D eigenvalue weighted by atomic mass is 32.2. The molecule has 1 heterocycles. The van der Waals surface area contributed by atoms with Gasteiger partial charge in [-0.05, 0) is 48.7 Å². The van der Waals surface area contributed by atoms with Crippen molar-refractivity contribution in [3.05, 3.63) is 53.6 Å². The Kier molecular flexibility index (Phi) is 6.85. The molecule has 3 rings (SSSR count). The number of benzene rings is 2. The van der Waals surface area contributed by atoms with Crippen LogP contribution in [0.1, 0.15) is 36.6 Å². The third-order valence-corrected chi connectivity index (χ3v) is 6.91. The molecular weight excluding hydrogens is 422 g/mol. The van der Waals surface area contributed by atoms with Gasteiger partial charge in [-0.1, -0.05) is 18.2 Å². The van der Waals surface area contributed by atoms with Crippen LogP contribution < -0.4 is 19.5 Å². The fraction of sp³-hybridized carbons (Fsp3) is 0.381. The number of nitrogens with one attached hydrogen (secondary N) is 2. The van der Waals surface area contributed by atoms with Crippen LogP contribution in [-0.4, -0.2) is 51.0 Å². The molecule has 1 saturated heterocycles. The molecule has 1 amide bonds. The molecular formula is C21H27N3O6S. The molecule has 0 spiro atoms. The monoisotopic (exact) mass is 449 g/mol. The summed E-state index contributed by atoms with van der Waals surface area (Å²) in [4.78, 5) is 13.0. The van der Waals surface area contributed by atoms with Crippen molar-refractivity contribution >= 4 is 21.8 Å².